The zero-order valence-corrected chi connectivity index (χ0v) is 30.7. The maximum absolute atomic E-state index is 7.11. The zero-order valence-electron chi connectivity index (χ0n) is 30.7. The van der Waals surface area contributed by atoms with E-state index in [0.29, 0.717) is 0 Å². The molecule has 4 aromatic heterocycles. The van der Waals surface area contributed by atoms with Crippen LogP contribution in [0.5, 0.6) is 0 Å². The Morgan fingerprint density at radius 1 is 0.351 bits per heavy atom. The van der Waals surface area contributed by atoms with Crippen molar-refractivity contribution < 1.29 is 8.83 Å². The van der Waals surface area contributed by atoms with Crippen LogP contribution in [-0.2, 0) is 0 Å². The van der Waals surface area contributed by atoms with Gasteiger partial charge in [-0.05, 0) is 77.4 Å². The average Bonchev–Trinajstić information content (AvgIpc) is 3.96. The molecule has 8 aromatic carbocycles. The van der Waals surface area contributed by atoms with E-state index in [4.69, 9.17) is 13.8 Å². The van der Waals surface area contributed by atoms with Crippen molar-refractivity contribution in [1.82, 2.24) is 9.55 Å². The lowest BCUT2D eigenvalue weighted by Crippen LogP contribution is -1.92. The van der Waals surface area contributed by atoms with E-state index in [9.17, 15) is 0 Å². The van der Waals surface area contributed by atoms with Crippen LogP contribution in [0.15, 0.2) is 203 Å². The van der Waals surface area contributed by atoms with Gasteiger partial charge < -0.3 is 13.4 Å². The van der Waals surface area contributed by atoms with Crippen LogP contribution in [0.25, 0.3) is 116 Å². The Hall–Kier alpha value is -7.69. The molecule has 12 aromatic rings. The summed E-state index contributed by atoms with van der Waals surface area (Å²) in [4.78, 5) is 5.32. The van der Waals surface area contributed by atoms with Gasteiger partial charge in [-0.15, -0.1) is 0 Å². The van der Waals surface area contributed by atoms with Crippen LogP contribution in [0.2, 0.25) is 0 Å². The van der Waals surface area contributed by atoms with Gasteiger partial charge in [0.25, 0.3) is 0 Å². The lowest BCUT2D eigenvalue weighted by molar-refractivity contribution is 0.669. The molecule has 0 unspecified atom stereocenters. The van der Waals surface area contributed by atoms with E-state index < -0.39 is 0 Å². The van der Waals surface area contributed by atoms with Crippen molar-refractivity contribution in [3.63, 3.8) is 0 Å². The number of hydrogen-bond donors (Lipinski definition) is 0. The second kappa shape index (κ2) is 12.4. The van der Waals surface area contributed by atoms with E-state index in [1.165, 1.54) is 5.56 Å². The molecule has 4 heteroatoms. The van der Waals surface area contributed by atoms with Crippen LogP contribution in [0.3, 0.4) is 0 Å². The van der Waals surface area contributed by atoms with Crippen molar-refractivity contribution in [3.05, 3.63) is 194 Å². The number of pyridine rings is 1. The third-order valence-electron chi connectivity index (χ3n) is 11.4. The van der Waals surface area contributed by atoms with Crippen LogP contribution in [0.4, 0.5) is 0 Å². The summed E-state index contributed by atoms with van der Waals surface area (Å²) in [6.07, 6.45) is 0. The maximum Gasteiger partial charge on any atom is 0.145 e. The second-order valence-corrected chi connectivity index (χ2v) is 14.7. The van der Waals surface area contributed by atoms with E-state index in [1.807, 2.05) is 18.2 Å². The Kier molecular flexibility index (Phi) is 6.89. The minimum Gasteiger partial charge on any atom is -0.456 e. The molecule has 4 heterocycles. The standard InChI is InChI=1S/C53H32N2O2/c1-3-12-33(13-4-1)34-22-24-35(25-23-34)45-30-37(31-46(54-45)36-26-27-41-40-16-8-10-21-49(40)56-50(41)32-36)39-18-11-19-42-43-28-29-48-51(53(43)57-52(39)42)44-17-7-9-20-47(44)55(48)38-14-5-2-6-15-38/h1-32H. The first kappa shape index (κ1) is 31.6. The Morgan fingerprint density at radius 3 is 1.81 bits per heavy atom. The molecule has 0 aliphatic carbocycles. The van der Waals surface area contributed by atoms with Crippen molar-refractivity contribution in [1.29, 1.82) is 0 Å². The fourth-order valence-corrected chi connectivity index (χ4v) is 8.72. The fourth-order valence-electron chi connectivity index (χ4n) is 8.72. The molecule has 4 nitrogen and oxygen atoms in total. The Labute approximate surface area is 327 Å². The summed E-state index contributed by atoms with van der Waals surface area (Å²) in [7, 11) is 0. The molecule has 0 saturated heterocycles. The highest BCUT2D eigenvalue weighted by Gasteiger charge is 2.21. The van der Waals surface area contributed by atoms with Crippen LogP contribution in [0.1, 0.15) is 0 Å². The van der Waals surface area contributed by atoms with Crippen molar-refractivity contribution >= 4 is 65.7 Å². The summed E-state index contributed by atoms with van der Waals surface area (Å²) in [5.41, 5.74) is 15.0. The molecule has 0 spiro atoms. The smallest absolute Gasteiger partial charge is 0.145 e. The van der Waals surface area contributed by atoms with Gasteiger partial charge in [0.1, 0.15) is 22.3 Å². The number of aromatic nitrogens is 2. The summed E-state index contributed by atoms with van der Waals surface area (Å²) in [5, 5.41) is 6.65. The first-order valence-corrected chi connectivity index (χ1v) is 19.3. The van der Waals surface area contributed by atoms with Crippen LogP contribution < -0.4 is 0 Å². The summed E-state index contributed by atoms with van der Waals surface area (Å²) in [6.45, 7) is 0. The Bertz CT molecular complexity index is 3500. The normalized spacial score (nSPS) is 11.9. The molecule has 0 amide bonds. The predicted octanol–water partition coefficient (Wildman–Crippen LogP) is 14.6. The second-order valence-electron chi connectivity index (χ2n) is 14.7. The highest BCUT2D eigenvalue weighted by molar-refractivity contribution is 6.24. The number of rotatable bonds is 5. The largest absolute Gasteiger partial charge is 0.456 e. The maximum atomic E-state index is 7.11. The minimum atomic E-state index is 0.840. The summed E-state index contributed by atoms with van der Waals surface area (Å²) < 4.78 is 15.8. The van der Waals surface area contributed by atoms with Gasteiger partial charge in [0.15, 0.2) is 0 Å². The molecule has 0 N–H and O–H groups in total. The highest BCUT2D eigenvalue weighted by atomic mass is 16.3. The molecule has 0 radical (unpaired) electrons. The molecule has 0 saturated carbocycles. The topological polar surface area (TPSA) is 44.1 Å². The molecule has 0 aliphatic heterocycles. The van der Waals surface area contributed by atoms with E-state index in [-0.39, 0.29) is 0 Å². The molecular formula is C53H32N2O2. The van der Waals surface area contributed by atoms with E-state index in [2.05, 4.69) is 180 Å². The van der Waals surface area contributed by atoms with Crippen molar-refractivity contribution in [2.45, 2.75) is 0 Å². The number of fused-ring (bicyclic) bond motifs is 10. The van der Waals surface area contributed by atoms with Gasteiger partial charge in [-0.1, -0.05) is 133 Å². The molecular weight excluding hydrogens is 697 g/mol. The number of nitrogens with zero attached hydrogens (tertiary/aromatic N) is 2. The summed E-state index contributed by atoms with van der Waals surface area (Å²) >= 11 is 0. The van der Waals surface area contributed by atoms with Gasteiger partial charge in [0.2, 0.25) is 0 Å². The van der Waals surface area contributed by atoms with Gasteiger partial charge >= 0.3 is 0 Å². The first-order chi connectivity index (χ1) is 28.2. The lowest BCUT2D eigenvalue weighted by Gasteiger charge is -2.11. The van der Waals surface area contributed by atoms with E-state index in [0.717, 1.165) is 111 Å². The van der Waals surface area contributed by atoms with Crippen LogP contribution in [-0.4, -0.2) is 9.55 Å². The Balaban J connectivity index is 1.08. The highest BCUT2D eigenvalue weighted by Crippen LogP contribution is 2.44. The molecule has 266 valence electrons. The number of benzene rings is 8. The average molecular weight is 729 g/mol. The van der Waals surface area contributed by atoms with Crippen LogP contribution >= 0.6 is 0 Å². The number of para-hydroxylation sites is 4. The van der Waals surface area contributed by atoms with Gasteiger partial charge in [-0.2, -0.15) is 0 Å². The third-order valence-corrected chi connectivity index (χ3v) is 11.4. The quantitative estimate of drug-likeness (QED) is 0.177. The number of hydrogen-bond acceptors (Lipinski definition) is 3. The monoisotopic (exact) mass is 728 g/mol. The summed E-state index contributed by atoms with van der Waals surface area (Å²) in [6, 6.07) is 68.2. The van der Waals surface area contributed by atoms with Gasteiger partial charge in [0.05, 0.1) is 27.8 Å². The first-order valence-electron chi connectivity index (χ1n) is 19.3. The SMILES string of the molecule is c1ccc(-c2ccc(-c3cc(-c4cccc5c4oc4c5ccc5c4c4ccccc4n5-c4ccccc4)cc(-c4ccc5c(c4)oc4ccccc45)n3)cc2)cc1. The summed E-state index contributed by atoms with van der Waals surface area (Å²) in [5.74, 6) is 0. The van der Waals surface area contributed by atoms with Crippen molar-refractivity contribution in [3.8, 4) is 50.5 Å². The van der Waals surface area contributed by atoms with Crippen molar-refractivity contribution in [2.24, 2.45) is 0 Å². The molecule has 12 rings (SSSR count). The Morgan fingerprint density at radius 2 is 0.965 bits per heavy atom. The minimum absolute atomic E-state index is 0.840. The van der Waals surface area contributed by atoms with E-state index >= 15 is 0 Å². The van der Waals surface area contributed by atoms with Gasteiger partial charge in [-0.25, -0.2) is 4.98 Å². The number of furan rings is 2. The van der Waals surface area contributed by atoms with Crippen LogP contribution in [0, 0.1) is 0 Å². The molecule has 0 atom stereocenters. The van der Waals surface area contributed by atoms with Gasteiger partial charge in [0, 0.05) is 49.3 Å². The predicted molar refractivity (Wildman–Crippen MR) is 235 cm³/mol. The lowest BCUT2D eigenvalue weighted by atomic mass is 9.97. The zero-order chi connectivity index (χ0) is 37.5. The molecule has 0 bridgehead atoms. The third kappa shape index (κ3) is 4.98. The molecule has 0 aliphatic rings. The van der Waals surface area contributed by atoms with E-state index in [1.54, 1.807) is 0 Å². The van der Waals surface area contributed by atoms with Gasteiger partial charge in [-0.3, -0.25) is 0 Å². The molecule has 57 heavy (non-hydrogen) atoms. The molecule has 0 fully saturated rings. The van der Waals surface area contributed by atoms with Crippen molar-refractivity contribution in [2.75, 3.05) is 0 Å². The fraction of sp³-hybridized carbons (Fsp3) is 0.